The Morgan fingerprint density at radius 3 is 3.00 bits per heavy atom. The van der Waals surface area contributed by atoms with Crippen LogP contribution in [0.5, 0.6) is 0 Å². The van der Waals surface area contributed by atoms with Crippen LogP contribution in [0.15, 0.2) is 4.79 Å². The van der Waals surface area contributed by atoms with Gasteiger partial charge in [-0.1, -0.05) is 0 Å². The van der Waals surface area contributed by atoms with Crippen LogP contribution in [0.1, 0.15) is 12.2 Å². The van der Waals surface area contributed by atoms with Crippen LogP contribution in [0.2, 0.25) is 0 Å². The van der Waals surface area contributed by atoms with Crippen molar-refractivity contribution in [1.82, 2.24) is 15.2 Å². The molecule has 1 aromatic heterocycles. The molecule has 0 saturated carbocycles. The van der Waals surface area contributed by atoms with Gasteiger partial charge in [0.1, 0.15) is 5.54 Å². The van der Waals surface area contributed by atoms with Crippen LogP contribution in [0.4, 0.5) is 0 Å². The highest BCUT2D eigenvalue weighted by Gasteiger charge is 2.35. The maximum absolute atomic E-state index is 10.7. The largest absolute Gasteiger partial charge is 0.379 e. The zero-order chi connectivity index (χ0) is 8.60. The van der Waals surface area contributed by atoms with Crippen LogP contribution >= 0.6 is 0 Å². The van der Waals surface area contributed by atoms with E-state index in [2.05, 4.69) is 15.2 Å². The summed E-state index contributed by atoms with van der Waals surface area (Å²) in [5.74, 6) is 0.477. The molecule has 0 spiro atoms. The molecule has 6 nitrogen and oxygen atoms in total. The quantitative estimate of drug-likeness (QED) is 0.486. The van der Waals surface area contributed by atoms with Crippen LogP contribution in [-0.4, -0.2) is 28.4 Å². The zero-order valence-electron chi connectivity index (χ0n) is 6.46. The molecule has 6 heteroatoms. The number of H-pyrrole nitrogens is 2. The van der Waals surface area contributed by atoms with Crippen LogP contribution in [0, 0.1) is 0 Å². The number of hydrogen-bond donors (Lipinski definition) is 3. The smallest absolute Gasteiger partial charge is 0.340 e. The predicted octanol–water partition coefficient (Wildman–Crippen LogP) is -1.33. The number of aromatic amines is 2. The molecule has 12 heavy (non-hydrogen) atoms. The Balaban J connectivity index is 2.34. The first-order valence-corrected chi connectivity index (χ1v) is 3.72. The second-order valence-corrected chi connectivity index (χ2v) is 2.99. The van der Waals surface area contributed by atoms with Gasteiger partial charge in [-0.2, -0.15) is 5.10 Å². The second-order valence-electron chi connectivity index (χ2n) is 2.99. The van der Waals surface area contributed by atoms with Gasteiger partial charge in [0.05, 0.1) is 6.61 Å². The van der Waals surface area contributed by atoms with E-state index in [0.29, 0.717) is 25.5 Å². The molecule has 0 amide bonds. The van der Waals surface area contributed by atoms with E-state index >= 15 is 0 Å². The summed E-state index contributed by atoms with van der Waals surface area (Å²) < 4.78 is 5.12. The lowest BCUT2D eigenvalue weighted by atomic mass is 10.00. The number of ether oxygens (including phenoxy) is 1. The molecule has 66 valence electrons. The summed E-state index contributed by atoms with van der Waals surface area (Å²) in [6, 6.07) is 0. The highest BCUT2D eigenvalue weighted by molar-refractivity contribution is 5.04. The SMILES string of the molecule is NC1(c2n[nH]c(=O)[nH]2)CCOC1. The van der Waals surface area contributed by atoms with E-state index in [1.54, 1.807) is 0 Å². The van der Waals surface area contributed by atoms with Gasteiger partial charge >= 0.3 is 5.69 Å². The second kappa shape index (κ2) is 2.43. The molecule has 4 N–H and O–H groups in total. The zero-order valence-corrected chi connectivity index (χ0v) is 6.46. The van der Waals surface area contributed by atoms with E-state index in [4.69, 9.17) is 10.5 Å². The van der Waals surface area contributed by atoms with Gasteiger partial charge in [0.25, 0.3) is 0 Å². The van der Waals surface area contributed by atoms with E-state index in [1.807, 2.05) is 0 Å². The third-order valence-electron chi connectivity index (χ3n) is 2.02. The number of aromatic nitrogens is 3. The molecule has 0 aliphatic carbocycles. The first kappa shape index (κ1) is 7.51. The third kappa shape index (κ3) is 1.05. The molecular formula is C6H10N4O2. The number of nitrogens with zero attached hydrogens (tertiary/aromatic N) is 1. The lowest BCUT2D eigenvalue weighted by molar-refractivity contribution is 0.176. The van der Waals surface area contributed by atoms with Gasteiger partial charge in [-0.15, -0.1) is 0 Å². The molecule has 1 saturated heterocycles. The van der Waals surface area contributed by atoms with Crippen molar-refractivity contribution in [3.63, 3.8) is 0 Å². The van der Waals surface area contributed by atoms with Gasteiger partial charge in [-0.25, -0.2) is 9.89 Å². The molecule has 0 bridgehead atoms. The van der Waals surface area contributed by atoms with Crippen LogP contribution in [0.25, 0.3) is 0 Å². The lowest BCUT2D eigenvalue weighted by Crippen LogP contribution is -2.38. The molecule has 0 aromatic carbocycles. The molecule has 1 fully saturated rings. The van der Waals surface area contributed by atoms with Crippen LogP contribution in [-0.2, 0) is 10.3 Å². The van der Waals surface area contributed by atoms with Gasteiger partial charge < -0.3 is 10.5 Å². The van der Waals surface area contributed by atoms with Crippen molar-refractivity contribution in [3.8, 4) is 0 Å². The van der Waals surface area contributed by atoms with Crippen molar-refractivity contribution >= 4 is 0 Å². The average Bonchev–Trinajstić information content (AvgIpc) is 2.59. The number of nitrogens with two attached hydrogens (primary N) is 1. The van der Waals surface area contributed by atoms with Gasteiger partial charge in [-0.05, 0) is 6.42 Å². The van der Waals surface area contributed by atoms with Gasteiger partial charge in [0.2, 0.25) is 0 Å². The Hall–Kier alpha value is -1.14. The van der Waals surface area contributed by atoms with Crippen molar-refractivity contribution in [2.75, 3.05) is 13.2 Å². The van der Waals surface area contributed by atoms with Crippen LogP contribution in [0.3, 0.4) is 0 Å². The average molecular weight is 170 g/mol. The monoisotopic (exact) mass is 170 g/mol. The van der Waals surface area contributed by atoms with Crippen molar-refractivity contribution in [1.29, 1.82) is 0 Å². The molecule has 1 aromatic rings. The first-order valence-electron chi connectivity index (χ1n) is 3.72. The fraction of sp³-hybridized carbons (Fsp3) is 0.667. The van der Waals surface area contributed by atoms with Crippen molar-refractivity contribution in [2.24, 2.45) is 5.73 Å². The molecule has 1 unspecified atom stereocenters. The number of rotatable bonds is 1. The van der Waals surface area contributed by atoms with E-state index in [0.717, 1.165) is 0 Å². The maximum atomic E-state index is 10.7. The van der Waals surface area contributed by atoms with Gasteiger partial charge in [-0.3, -0.25) is 4.98 Å². The fourth-order valence-corrected chi connectivity index (χ4v) is 1.27. The van der Waals surface area contributed by atoms with E-state index in [9.17, 15) is 4.79 Å². The maximum Gasteiger partial charge on any atom is 0.340 e. The highest BCUT2D eigenvalue weighted by atomic mass is 16.5. The topological polar surface area (TPSA) is 96.8 Å². The Morgan fingerprint density at radius 1 is 1.67 bits per heavy atom. The minimum Gasteiger partial charge on any atom is -0.379 e. The van der Waals surface area contributed by atoms with Crippen molar-refractivity contribution < 1.29 is 4.74 Å². The minimum atomic E-state index is -0.612. The summed E-state index contributed by atoms with van der Waals surface area (Å²) in [7, 11) is 0. The van der Waals surface area contributed by atoms with Crippen molar-refractivity contribution in [2.45, 2.75) is 12.0 Å². The normalized spacial score (nSPS) is 29.4. The fourth-order valence-electron chi connectivity index (χ4n) is 1.27. The van der Waals surface area contributed by atoms with Gasteiger partial charge in [0.15, 0.2) is 5.82 Å². The molecule has 0 radical (unpaired) electrons. The first-order chi connectivity index (χ1) is 5.71. The molecule has 1 aliphatic rings. The summed E-state index contributed by atoms with van der Waals surface area (Å²) in [6.07, 6.45) is 0.688. The summed E-state index contributed by atoms with van der Waals surface area (Å²) in [6.45, 7) is 1.03. The Bertz CT molecular complexity index is 322. The molecule has 1 atom stereocenters. The third-order valence-corrected chi connectivity index (χ3v) is 2.02. The molecular weight excluding hydrogens is 160 g/mol. The Kier molecular flexibility index (Phi) is 1.52. The highest BCUT2D eigenvalue weighted by Crippen LogP contribution is 2.23. The van der Waals surface area contributed by atoms with Gasteiger partial charge in [0, 0.05) is 6.61 Å². The lowest BCUT2D eigenvalue weighted by Gasteiger charge is -2.16. The number of nitrogens with one attached hydrogen (secondary N) is 2. The minimum absolute atomic E-state index is 0.332. The molecule has 1 aliphatic heterocycles. The standard InChI is InChI=1S/C6H10N4O2/c7-6(1-2-12-3-6)4-8-5(11)10-9-4/h1-3,7H2,(H2,8,9,10,11). The Morgan fingerprint density at radius 2 is 2.50 bits per heavy atom. The summed E-state index contributed by atoms with van der Waals surface area (Å²) in [5.41, 5.74) is 4.97. The predicted molar refractivity (Wildman–Crippen MR) is 40.5 cm³/mol. The van der Waals surface area contributed by atoms with E-state index in [1.165, 1.54) is 0 Å². The van der Waals surface area contributed by atoms with Crippen molar-refractivity contribution in [3.05, 3.63) is 16.3 Å². The van der Waals surface area contributed by atoms with E-state index < -0.39 is 5.54 Å². The summed E-state index contributed by atoms with van der Waals surface area (Å²) in [4.78, 5) is 13.3. The number of hydrogen-bond acceptors (Lipinski definition) is 4. The summed E-state index contributed by atoms with van der Waals surface area (Å²) in [5, 5.41) is 6.05. The van der Waals surface area contributed by atoms with Crippen LogP contribution < -0.4 is 11.4 Å². The Labute approximate surface area is 68.1 Å². The molecule has 2 heterocycles. The summed E-state index contributed by atoms with van der Waals surface area (Å²) >= 11 is 0. The molecule has 2 rings (SSSR count). The van der Waals surface area contributed by atoms with E-state index in [-0.39, 0.29) is 5.69 Å².